The van der Waals surface area contributed by atoms with E-state index in [-0.39, 0.29) is 11.7 Å². The van der Waals surface area contributed by atoms with Crippen molar-refractivity contribution >= 4 is 57.3 Å². The molecule has 0 aliphatic heterocycles. The molecule has 0 radical (unpaired) electrons. The van der Waals surface area contributed by atoms with Crippen LogP contribution in [0.5, 0.6) is 0 Å². The molecule has 0 saturated heterocycles. The van der Waals surface area contributed by atoms with Crippen molar-refractivity contribution in [2.45, 2.75) is 23.9 Å². The number of amides is 1. The van der Waals surface area contributed by atoms with E-state index in [4.69, 9.17) is 23.2 Å². The molecule has 1 N–H and O–H groups in total. The second kappa shape index (κ2) is 7.79. The van der Waals surface area contributed by atoms with Crippen LogP contribution in [0.1, 0.15) is 24.6 Å². The first-order valence-corrected chi connectivity index (χ1v) is 10.9. The molecule has 0 atom stereocenters. The van der Waals surface area contributed by atoms with Crippen molar-refractivity contribution in [3.63, 3.8) is 0 Å². The van der Waals surface area contributed by atoms with Crippen LogP contribution in [0, 0.1) is 0 Å². The van der Waals surface area contributed by atoms with Gasteiger partial charge in [0.25, 0.3) is 0 Å². The maximum absolute atomic E-state index is 12.2. The second-order valence-electron chi connectivity index (χ2n) is 6.17. The molecule has 27 heavy (non-hydrogen) atoms. The maximum atomic E-state index is 12.2. The zero-order valence-electron chi connectivity index (χ0n) is 14.3. The van der Waals surface area contributed by atoms with Crippen LogP contribution < -0.4 is 5.32 Å². The standard InChI is InChI=1S/C17H15Cl2N5OS2/c1-24-15(9-2-3-9)22-23-17(24)27-8-14(25)21-16-20-13(7-26-16)11-5-4-10(18)6-12(11)19/h4-7,9H,2-3,8H2,1H3,(H,20,21,25). The number of anilines is 1. The minimum Gasteiger partial charge on any atom is -0.309 e. The Labute approximate surface area is 174 Å². The summed E-state index contributed by atoms with van der Waals surface area (Å²) >= 11 is 14.9. The summed E-state index contributed by atoms with van der Waals surface area (Å²) in [4.78, 5) is 16.7. The zero-order valence-corrected chi connectivity index (χ0v) is 17.4. The van der Waals surface area contributed by atoms with Gasteiger partial charge in [-0.2, -0.15) is 0 Å². The van der Waals surface area contributed by atoms with Gasteiger partial charge in [0, 0.05) is 28.9 Å². The van der Waals surface area contributed by atoms with Crippen molar-refractivity contribution in [2.75, 3.05) is 11.1 Å². The molecule has 1 fully saturated rings. The zero-order chi connectivity index (χ0) is 19.0. The summed E-state index contributed by atoms with van der Waals surface area (Å²) in [6.45, 7) is 0. The van der Waals surface area contributed by atoms with Gasteiger partial charge in [0.15, 0.2) is 10.3 Å². The molecule has 1 aromatic carbocycles. The number of hydrogen-bond acceptors (Lipinski definition) is 6. The third-order valence-electron chi connectivity index (χ3n) is 4.10. The number of nitrogens with zero attached hydrogens (tertiary/aromatic N) is 4. The van der Waals surface area contributed by atoms with Gasteiger partial charge in [-0.15, -0.1) is 21.5 Å². The summed E-state index contributed by atoms with van der Waals surface area (Å²) in [6, 6.07) is 5.24. The number of hydrogen-bond donors (Lipinski definition) is 1. The minimum atomic E-state index is -0.140. The molecule has 0 bridgehead atoms. The van der Waals surface area contributed by atoms with E-state index in [1.165, 1.54) is 35.9 Å². The van der Waals surface area contributed by atoms with Crippen molar-refractivity contribution in [1.82, 2.24) is 19.7 Å². The van der Waals surface area contributed by atoms with Gasteiger partial charge in [0.2, 0.25) is 5.91 Å². The first-order valence-electron chi connectivity index (χ1n) is 8.24. The van der Waals surface area contributed by atoms with Gasteiger partial charge in [-0.1, -0.05) is 35.0 Å². The molecular formula is C17H15Cl2N5OS2. The minimum absolute atomic E-state index is 0.140. The lowest BCUT2D eigenvalue weighted by Crippen LogP contribution is -2.14. The predicted molar refractivity (Wildman–Crippen MR) is 110 cm³/mol. The molecule has 2 heterocycles. The number of benzene rings is 1. The highest BCUT2D eigenvalue weighted by Crippen LogP contribution is 2.39. The predicted octanol–water partition coefficient (Wildman–Crippen LogP) is 4.85. The lowest BCUT2D eigenvalue weighted by atomic mass is 10.2. The Hall–Kier alpha value is -1.61. The Morgan fingerprint density at radius 2 is 2.19 bits per heavy atom. The summed E-state index contributed by atoms with van der Waals surface area (Å²) in [5.41, 5.74) is 1.48. The molecule has 0 unspecified atom stereocenters. The fraction of sp³-hybridized carbons (Fsp3) is 0.294. The maximum Gasteiger partial charge on any atom is 0.236 e. The van der Waals surface area contributed by atoms with Gasteiger partial charge in [0.05, 0.1) is 16.5 Å². The van der Waals surface area contributed by atoms with E-state index in [9.17, 15) is 4.79 Å². The second-order valence-corrected chi connectivity index (χ2v) is 8.82. The summed E-state index contributed by atoms with van der Waals surface area (Å²) in [5, 5.41) is 15.4. The summed E-state index contributed by atoms with van der Waals surface area (Å²) in [7, 11) is 1.94. The van der Waals surface area contributed by atoms with Crippen LogP contribution in [-0.2, 0) is 11.8 Å². The monoisotopic (exact) mass is 439 g/mol. The van der Waals surface area contributed by atoms with Crippen LogP contribution in [-0.4, -0.2) is 31.4 Å². The highest BCUT2D eigenvalue weighted by atomic mass is 35.5. The van der Waals surface area contributed by atoms with Crippen LogP contribution in [0.2, 0.25) is 10.0 Å². The van der Waals surface area contributed by atoms with Crippen LogP contribution in [0.4, 0.5) is 5.13 Å². The van der Waals surface area contributed by atoms with Crippen LogP contribution in [0.3, 0.4) is 0 Å². The molecular weight excluding hydrogens is 425 g/mol. The topological polar surface area (TPSA) is 72.7 Å². The van der Waals surface area contributed by atoms with Crippen LogP contribution in [0.15, 0.2) is 28.7 Å². The fourth-order valence-corrected chi connectivity index (χ4v) is 4.54. The quantitative estimate of drug-likeness (QED) is 0.555. The van der Waals surface area contributed by atoms with Gasteiger partial charge in [-0.25, -0.2) is 4.98 Å². The summed E-state index contributed by atoms with van der Waals surface area (Å²) in [5.74, 6) is 1.63. The lowest BCUT2D eigenvalue weighted by Gasteiger charge is -2.03. The van der Waals surface area contributed by atoms with Crippen LogP contribution >= 0.6 is 46.3 Å². The number of carbonyl (C=O) groups excluding carboxylic acids is 1. The molecule has 2 aromatic heterocycles. The molecule has 3 aromatic rings. The van der Waals surface area contributed by atoms with Gasteiger partial charge < -0.3 is 9.88 Å². The van der Waals surface area contributed by atoms with Gasteiger partial charge in [-0.3, -0.25) is 4.79 Å². The number of aromatic nitrogens is 4. The Bertz CT molecular complexity index is 999. The normalized spacial score (nSPS) is 13.7. The number of thiazole rings is 1. The van der Waals surface area contributed by atoms with Crippen molar-refractivity contribution in [1.29, 1.82) is 0 Å². The molecule has 0 spiro atoms. The van der Waals surface area contributed by atoms with Crippen molar-refractivity contribution in [3.8, 4) is 11.3 Å². The molecule has 10 heteroatoms. The number of carbonyl (C=O) groups is 1. The van der Waals surface area contributed by atoms with E-state index in [2.05, 4.69) is 20.5 Å². The smallest absolute Gasteiger partial charge is 0.236 e. The molecule has 140 valence electrons. The fourth-order valence-electron chi connectivity index (χ4n) is 2.59. The first-order chi connectivity index (χ1) is 13.0. The Balaban J connectivity index is 1.36. The first kappa shape index (κ1) is 18.7. The Morgan fingerprint density at radius 1 is 1.37 bits per heavy atom. The molecule has 1 amide bonds. The lowest BCUT2D eigenvalue weighted by molar-refractivity contribution is -0.113. The SMILES string of the molecule is Cn1c(SCC(=O)Nc2nc(-c3ccc(Cl)cc3Cl)cs2)nnc1C1CC1. The summed E-state index contributed by atoms with van der Waals surface area (Å²) < 4.78 is 1.97. The molecule has 1 saturated carbocycles. The number of thioether (sulfide) groups is 1. The van der Waals surface area contributed by atoms with E-state index in [0.717, 1.165) is 16.5 Å². The molecule has 4 rings (SSSR count). The number of halogens is 2. The van der Waals surface area contributed by atoms with E-state index >= 15 is 0 Å². The van der Waals surface area contributed by atoms with E-state index in [1.54, 1.807) is 12.1 Å². The van der Waals surface area contributed by atoms with Crippen molar-refractivity contribution in [3.05, 3.63) is 39.4 Å². The van der Waals surface area contributed by atoms with E-state index in [0.29, 0.717) is 26.8 Å². The highest BCUT2D eigenvalue weighted by molar-refractivity contribution is 7.99. The van der Waals surface area contributed by atoms with Gasteiger partial charge in [-0.05, 0) is 31.0 Å². The number of rotatable bonds is 6. The average Bonchev–Trinajstić information content (AvgIpc) is 3.26. The highest BCUT2D eigenvalue weighted by Gasteiger charge is 2.29. The van der Waals surface area contributed by atoms with Gasteiger partial charge >= 0.3 is 0 Å². The Morgan fingerprint density at radius 3 is 2.93 bits per heavy atom. The van der Waals surface area contributed by atoms with Crippen LogP contribution in [0.25, 0.3) is 11.3 Å². The largest absolute Gasteiger partial charge is 0.309 e. The summed E-state index contributed by atoms with van der Waals surface area (Å²) in [6.07, 6.45) is 2.34. The number of nitrogens with one attached hydrogen (secondary N) is 1. The third-order valence-corrected chi connectivity index (χ3v) is 6.43. The van der Waals surface area contributed by atoms with Gasteiger partial charge in [0.1, 0.15) is 5.82 Å². The third kappa shape index (κ3) is 4.29. The Kier molecular flexibility index (Phi) is 5.41. The molecule has 1 aliphatic carbocycles. The van der Waals surface area contributed by atoms with Crippen molar-refractivity contribution < 1.29 is 4.79 Å². The van der Waals surface area contributed by atoms with E-state index in [1.807, 2.05) is 23.1 Å². The van der Waals surface area contributed by atoms with E-state index < -0.39 is 0 Å². The average molecular weight is 440 g/mol. The molecule has 6 nitrogen and oxygen atoms in total. The van der Waals surface area contributed by atoms with Crippen molar-refractivity contribution in [2.24, 2.45) is 7.05 Å². The molecule has 1 aliphatic rings.